The maximum atomic E-state index is 14.2. The van der Waals surface area contributed by atoms with Gasteiger partial charge in [-0.25, -0.2) is 14.2 Å². The highest BCUT2D eigenvalue weighted by atomic mass is 32.1. The van der Waals surface area contributed by atoms with E-state index in [0.717, 1.165) is 0 Å². The van der Waals surface area contributed by atoms with Crippen molar-refractivity contribution in [1.29, 1.82) is 0 Å². The Labute approximate surface area is 164 Å². The maximum absolute atomic E-state index is 14.2. The second-order valence-corrected chi connectivity index (χ2v) is 7.08. The van der Waals surface area contributed by atoms with E-state index in [4.69, 9.17) is 11.2 Å². The van der Waals surface area contributed by atoms with Crippen LogP contribution in [0.25, 0.3) is 0 Å². The van der Waals surface area contributed by atoms with Crippen LogP contribution in [-0.4, -0.2) is 34.8 Å². The molecule has 7 heteroatoms. The molecule has 1 heterocycles. The van der Waals surface area contributed by atoms with Gasteiger partial charge in [0.15, 0.2) is 17.3 Å². The van der Waals surface area contributed by atoms with Crippen molar-refractivity contribution in [3.63, 3.8) is 0 Å². The second-order valence-electron chi connectivity index (χ2n) is 6.14. The van der Waals surface area contributed by atoms with Crippen LogP contribution in [0.1, 0.15) is 49.5 Å². The number of nitrogens with one attached hydrogen (secondary N) is 1. The molecule has 144 valence electrons. The molecule has 0 saturated heterocycles. The predicted molar refractivity (Wildman–Crippen MR) is 104 cm³/mol. The number of halogens is 1. The first-order chi connectivity index (χ1) is 13.4. The Hall–Kier alpha value is -2.43. The number of carbonyl (C=O) groups is 1. The average Bonchev–Trinajstić information content (AvgIpc) is 3.14. The minimum absolute atomic E-state index is 0.0661. The fourth-order valence-electron chi connectivity index (χ4n) is 2.38. The molecule has 0 fully saturated rings. The van der Waals surface area contributed by atoms with Crippen LogP contribution in [0, 0.1) is 17.7 Å². The second kappa shape index (κ2) is 9.49. The highest BCUT2D eigenvalue weighted by molar-refractivity contribution is 7.09. The minimum atomic E-state index is -1.05. The number of ether oxygens (including phenoxy) is 1. The number of hydrogen-bond donors (Lipinski definition) is 2. The van der Waals surface area contributed by atoms with Gasteiger partial charge in [-0.3, -0.25) is 0 Å². The molecular weight excluding hydrogens is 367 g/mol. The van der Waals surface area contributed by atoms with Crippen molar-refractivity contribution in [2.75, 3.05) is 13.2 Å². The van der Waals surface area contributed by atoms with Gasteiger partial charge in [-0.1, -0.05) is 18.8 Å². The van der Waals surface area contributed by atoms with Crippen LogP contribution in [0.2, 0.25) is 0 Å². The lowest BCUT2D eigenvalue weighted by atomic mass is 10.1. The molecule has 1 unspecified atom stereocenters. The van der Waals surface area contributed by atoms with Crippen molar-refractivity contribution < 1.29 is 20.4 Å². The minimum Gasteiger partial charge on any atom is -0.491 e. The molecule has 0 spiro atoms. The molecular formula is C20H23FN2O3S. The molecule has 1 aromatic heterocycles. The molecule has 1 aromatic carbocycles. The molecule has 0 aliphatic heterocycles. The van der Waals surface area contributed by atoms with Gasteiger partial charge in [0.2, 0.25) is 0 Å². The van der Waals surface area contributed by atoms with Crippen LogP contribution in [0.5, 0.6) is 5.75 Å². The van der Waals surface area contributed by atoms with E-state index in [1.165, 1.54) is 29.0 Å². The zero-order valence-corrected chi connectivity index (χ0v) is 16.2. The molecule has 0 aliphatic carbocycles. The van der Waals surface area contributed by atoms with Crippen molar-refractivity contribution in [2.45, 2.75) is 39.1 Å². The topological polar surface area (TPSA) is 71.5 Å². The predicted octanol–water partition coefficient (Wildman–Crippen LogP) is 3.73. The first-order valence-corrected chi connectivity index (χ1v) is 9.42. The summed E-state index contributed by atoms with van der Waals surface area (Å²) >= 11 is 1.29. The summed E-state index contributed by atoms with van der Waals surface area (Å²) < 4.78 is 27.3. The van der Waals surface area contributed by atoms with Gasteiger partial charge >= 0.3 is 5.97 Å². The molecule has 0 amide bonds. The monoisotopic (exact) mass is 391 g/mol. The molecule has 0 aliphatic rings. The molecule has 0 radical (unpaired) electrons. The highest BCUT2D eigenvalue weighted by Gasteiger charge is 2.13. The molecule has 27 heavy (non-hydrogen) atoms. The molecule has 5 nitrogen and oxygen atoms in total. The van der Waals surface area contributed by atoms with Crippen LogP contribution in [0.3, 0.4) is 0 Å². The SMILES string of the molecule is [2H]CC(C)(C#Cc1ccc(OCCCc2scnc2C(=O)O)c(F)c1)NCC. The first-order valence-electron chi connectivity index (χ1n) is 9.24. The molecule has 2 N–H and O–H groups in total. The van der Waals surface area contributed by atoms with E-state index < -0.39 is 17.3 Å². The van der Waals surface area contributed by atoms with Gasteiger partial charge in [0.25, 0.3) is 0 Å². The number of thiazole rings is 1. The molecule has 2 aromatic rings. The normalized spacial score (nSPS) is 13.2. The summed E-state index contributed by atoms with van der Waals surface area (Å²) in [4.78, 5) is 15.5. The molecule has 0 saturated carbocycles. The Balaban J connectivity index is 1.92. The highest BCUT2D eigenvalue weighted by Crippen LogP contribution is 2.20. The van der Waals surface area contributed by atoms with Gasteiger partial charge in [-0.05, 0) is 51.4 Å². The van der Waals surface area contributed by atoms with Gasteiger partial charge in [0.05, 0.1) is 17.7 Å². The van der Waals surface area contributed by atoms with E-state index >= 15 is 0 Å². The van der Waals surface area contributed by atoms with E-state index in [-0.39, 0.29) is 25.0 Å². The summed E-state index contributed by atoms with van der Waals surface area (Å²) in [6.45, 7) is 4.83. The summed E-state index contributed by atoms with van der Waals surface area (Å²) in [5.74, 6) is 4.46. The third kappa shape index (κ3) is 6.35. The zero-order valence-electron chi connectivity index (χ0n) is 16.3. The summed E-state index contributed by atoms with van der Waals surface area (Å²) in [7, 11) is 0. The van der Waals surface area contributed by atoms with Gasteiger partial charge < -0.3 is 15.2 Å². The van der Waals surface area contributed by atoms with E-state index in [2.05, 4.69) is 22.1 Å². The quantitative estimate of drug-likeness (QED) is 0.530. The number of aromatic carboxylic acids is 1. The number of hydrogen-bond acceptors (Lipinski definition) is 5. The molecule has 2 rings (SSSR count). The van der Waals surface area contributed by atoms with Crippen LogP contribution >= 0.6 is 11.3 Å². The summed E-state index contributed by atoms with van der Waals surface area (Å²) in [6.07, 6.45) is 1.06. The van der Waals surface area contributed by atoms with Crippen molar-refractivity contribution in [3.05, 3.63) is 45.7 Å². The van der Waals surface area contributed by atoms with Crippen molar-refractivity contribution in [2.24, 2.45) is 0 Å². The van der Waals surface area contributed by atoms with Crippen LogP contribution in [0.15, 0.2) is 23.7 Å². The summed E-state index contributed by atoms with van der Waals surface area (Å²) in [5, 5.41) is 12.2. The standard InChI is InChI=1S/C20H23FN2O3S/c1-4-23-20(2,3)10-9-14-7-8-16(15(21)12-14)26-11-5-6-17-18(19(24)25)22-13-27-17/h7-8,12-13,23H,4-6,11H2,1-3H3,(H,24,25)/i2D. The van der Waals surface area contributed by atoms with E-state index in [1.54, 1.807) is 6.07 Å². The fourth-order valence-corrected chi connectivity index (χ4v) is 3.18. The van der Waals surface area contributed by atoms with Gasteiger partial charge in [-0.2, -0.15) is 0 Å². The number of nitrogens with zero attached hydrogens (tertiary/aromatic N) is 1. The lowest BCUT2D eigenvalue weighted by molar-refractivity contribution is 0.0690. The van der Waals surface area contributed by atoms with Crippen molar-refractivity contribution in [3.8, 4) is 17.6 Å². The maximum Gasteiger partial charge on any atom is 0.355 e. The van der Waals surface area contributed by atoms with Crippen LogP contribution in [0.4, 0.5) is 4.39 Å². The number of rotatable bonds is 8. The number of benzene rings is 1. The van der Waals surface area contributed by atoms with Crippen LogP contribution in [-0.2, 0) is 6.42 Å². The lowest BCUT2D eigenvalue weighted by Gasteiger charge is -2.18. The van der Waals surface area contributed by atoms with E-state index in [1.807, 2.05) is 13.8 Å². The van der Waals surface area contributed by atoms with Crippen molar-refractivity contribution in [1.82, 2.24) is 10.3 Å². The summed E-state index contributed by atoms with van der Waals surface area (Å²) in [6, 6.07) is 4.51. The van der Waals surface area contributed by atoms with Gasteiger partial charge in [-0.15, -0.1) is 11.3 Å². The van der Waals surface area contributed by atoms with E-state index in [9.17, 15) is 9.18 Å². The Kier molecular flexibility index (Phi) is 6.80. The molecule has 0 bridgehead atoms. The van der Waals surface area contributed by atoms with Crippen molar-refractivity contribution >= 4 is 17.3 Å². The lowest BCUT2D eigenvalue weighted by Crippen LogP contribution is -2.37. The zero-order chi connectivity index (χ0) is 20.6. The van der Waals surface area contributed by atoms with E-state index in [0.29, 0.717) is 29.8 Å². The molecule has 1 atom stereocenters. The Morgan fingerprint density at radius 1 is 1.56 bits per heavy atom. The smallest absolute Gasteiger partial charge is 0.355 e. The Morgan fingerprint density at radius 2 is 2.37 bits per heavy atom. The average molecular weight is 391 g/mol. The third-order valence-electron chi connectivity index (χ3n) is 3.63. The van der Waals surface area contributed by atoms with Crippen LogP contribution < -0.4 is 10.1 Å². The number of aryl methyl sites for hydroxylation is 1. The third-order valence-corrected chi connectivity index (χ3v) is 4.52. The first kappa shape index (κ1) is 19.3. The summed E-state index contributed by atoms with van der Waals surface area (Å²) in [5.41, 5.74) is 1.45. The Morgan fingerprint density at radius 3 is 3.04 bits per heavy atom. The number of carboxylic acid groups (broad SMARTS) is 1. The Bertz CT molecular complexity index is 878. The largest absolute Gasteiger partial charge is 0.491 e. The number of aromatic nitrogens is 1. The number of carboxylic acids is 1. The van der Waals surface area contributed by atoms with Gasteiger partial charge in [0.1, 0.15) is 0 Å². The van der Waals surface area contributed by atoms with Gasteiger partial charge in [0, 0.05) is 11.8 Å². The fraction of sp³-hybridized carbons (Fsp3) is 0.400.